The van der Waals surface area contributed by atoms with Gasteiger partial charge in [0.25, 0.3) is 0 Å². The lowest BCUT2D eigenvalue weighted by molar-refractivity contribution is -0.312. The molecule has 1 fully saturated rings. The average Bonchev–Trinajstić information content (AvgIpc) is 2.17. The van der Waals surface area contributed by atoms with Crippen molar-refractivity contribution in [2.24, 2.45) is 0 Å². The highest BCUT2D eigenvalue weighted by molar-refractivity contribution is 7.80. The Labute approximate surface area is 95.1 Å². The zero-order valence-corrected chi connectivity index (χ0v) is 9.70. The number of likely N-dealkylation sites (tertiary alicyclic amines) is 1. The Hall–Kier alpha value is -0.710. The zero-order chi connectivity index (χ0) is 11.4. The highest BCUT2D eigenvalue weighted by Gasteiger charge is 2.31. The van der Waals surface area contributed by atoms with Crippen LogP contribution in [0, 0.1) is 0 Å². The van der Waals surface area contributed by atoms with Crippen LogP contribution >= 0.6 is 12.6 Å². The van der Waals surface area contributed by atoms with Crippen molar-refractivity contribution in [3.63, 3.8) is 0 Å². The lowest BCUT2D eigenvalue weighted by Crippen LogP contribution is -2.56. The van der Waals surface area contributed by atoms with Gasteiger partial charge in [0.05, 0.1) is 12.0 Å². The first kappa shape index (κ1) is 12.4. The second kappa shape index (κ2) is 5.39. The second-order valence-electron chi connectivity index (χ2n) is 3.89. The van der Waals surface area contributed by atoms with E-state index in [1.54, 1.807) is 0 Å². The summed E-state index contributed by atoms with van der Waals surface area (Å²) in [5, 5.41) is 10.9. The van der Waals surface area contributed by atoms with Crippen molar-refractivity contribution in [2.75, 3.05) is 5.75 Å². The van der Waals surface area contributed by atoms with Gasteiger partial charge in [-0.1, -0.05) is 0 Å². The van der Waals surface area contributed by atoms with Crippen LogP contribution in [-0.4, -0.2) is 34.6 Å². The number of rotatable bonds is 3. The van der Waals surface area contributed by atoms with Crippen molar-refractivity contribution in [1.29, 1.82) is 0 Å². The summed E-state index contributed by atoms with van der Waals surface area (Å²) in [6.07, 6.45) is 2.49. The summed E-state index contributed by atoms with van der Waals surface area (Å²) in [6.45, 7) is 1.88. The van der Waals surface area contributed by atoms with Crippen LogP contribution in [0.2, 0.25) is 0 Å². The number of carboxylic acid groups (broad SMARTS) is 1. The summed E-state index contributed by atoms with van der Waals surface area (Å²) in [6, 6.07) is -0.754. The summed E-state index contributed by atoms with van der Waals surface area (Å²) >= 11 is 3.98. The van der Waals surface area contributed by atoms with Crippen molar-refractivity contribution < 1.29 is 14.7 Å². The van der Waals surface area contributed by atoms with Crippen LogP contribution in [0.4, 0.5) is 0 Å². The topological polar surface area (TPSA) is 60.4 Å². The molecule has 0 aliphatic carbocycles. The van der Waals surface area contributed by atoms with Gasteiger partial charge < -0.3 is 14.8 Å². The first-order chi connectivity index (χ1) is 7.07. The van der Waals surface area contributed by atoms with Gasteiger partial charge in [0.2, 0.25) is 5.91 Å². The Balaban J connectivity index is 2.76. The van der Waals surface area contributed by atoms with Crippen LogP contribution in [0.1, 0.15) is 32.6 Å². The Morgan fingerprint density at radius 3 is 2.67 bits per heavy atom. The first-order valence-corrected chi connectivity index (χ1v) is 5.84. The maximum absolute atomic E-state index is 11.7. The third kappa shape index (κ3) is 2.87. The summed E-state index contributed by atoms with van der Waals surface area (Å²) in [7, 11) is 0. The molecule has 86 valence electrons. The number of hydrogen-bond acceptors (Lipinski definition) is 4. The van der Waals surface area contributed by atoms with Crippen LogP contribution < -0.4 is 5.11 Å². The minimum atomic E-state index is -1.14. The molecule has 0 saturated carbocycles. The average molecular weight is 230 g/mol. The monoisotopic (exact) mass is 230 g/mol. The van der Waals surface area contributed by atoms with E-state index in [1.807, 2.05) is 6.92 Å². The van der Waals surface area contributed by atoms with E-state index in [0.29, 0.717) is 12.2 Å². The van der Waals surface area contributed by atoms with Crippen LogP contribution in [0.3, 0.4) is 0 Å². The molecule has 1 heterocycles. The fourth-order valence-electron chi connectivity index (χ4n) is 2.07. The molecule has 0 radical (unpaired) electrons. The molecule has 1 amide bonds. The molecule has 1 rings (SSSR count). The van der Waals surface area contributed by atoms with Crippen molar-refractivity contribution in [3.8, 4) is 0 Å². The van der Waals surface area contributed by atoms with Gasteiger partial charge in [-0.2, -0.15) is 12.6 Å². The van der Waals surface area contributed by atoms with Crippen molar-refractivity contribution >= 4 is 24.5 Å². The lowest BCUT2D eigenvalue weighted by atomic mass is 9.96. The molecule has 1 aliphatic heterocycles. The number of carboxylic acids is 1. The second-order valence-corrected chi connectivity index (χ2v) is 4.34. The van der Waals surface area contributed by atoms with Crippen LogP contribution in [0.15, 0.2) is 0 Å². The molecule has 0 bridgehead atoms. The van der Waals surface area contributed by atoms with Crippen LogP contribution in [0.5, 0.6) is 0 Å². The summed E-state index contributed by atoms with van der Waals surface area (Å²) < 4.78 is 0. The number of aliphatic carboxylic acids is 1. The summed E-state index contributed by atoms with van der Waals surface area (Å²) in [5.41, 5.74) is 0. The number of amides is 1. The SMILES string of the molecule is C[C@H]1CCC[C@@H](C(=O)[O-])N1C(=O)CCS. The van der Waals surface area contributed by atoms with E-state index in [0.717, 1.165) is 12.8 Å². The third-order valence-electron chi connectivity index (χ3n) is 2.80. The molecule has 15 heavy (non-hydrogen) atoms. The summed E-state index contributed by atoms with van der Waals surface area (Å²) in [5.74, 6) is -0.831. The minimum Gasteiger partial charge on any atom is -0.548 e. The number of hydrogen-bond donors (Lipinski definition) is 1. The molecule has 0 aromatic rings. The summed E-state index contributed by atoms with van der Waals surface area (Å²) in [4.78, 5) is 24.1. The van der Waals surface area contributed by atoms with Gasteiger partial charge in [-0.3, -0.25) is 4.79 Å². The maximum atomic E-state index is 11.7. The van der Waals surface area contributed by atoms with Gasteiger partial charge in [0.15, 0.2) is 0 Å². The van der Waals surface area contributed by atoms with Crippen molar-refractivity contribution in [2.45, 2.75) is 44.7 Å². The largest absolute Gasteiger partial charge is 0.548 e. The standard InChI is InChI=1S/C10H17NO3S/c1-7-3-2-4-8(10(13)14)11(7)9(12)5-6-15/h7-8,15H,2-6H2,1H3,(H,13,14)/p-1/t7-,8-/m0/s1. The fourth-order valence-corrected chi connectivity index (χ4v) is 2.26. The predicted octanol–water partition coefficient (Wildman–Crippen LogP) is -0.174. The number of piperidine rings is 1. The molecule has 5 heteroatoms. The normalized spacial score (nSPS) is 26.4. The molecule has 0 N–H and O–H groups in total. The Kier molecular flexibility index (Phi) is 4.45. The van der Waals surface area contributed by atoms with E-state index < -0.39 is 12.0 Å². The quantitative estimate of drug-likeness (QED) is 0.685. The number of thiol groups is 1. The smallest absolute Gasteiger partial charge is 0.224 e. The van der Waals surface area contributed by atoms with E-state index in [2.05, 4.69) is 12.6 Å². The minimum absolute atomic E-state index is 0.00552. The van der Waals surface area contributed by atoms with Gasteiger partial charge in [0, 0.05) is 12.5 Å². The highest BCUT2D eigenvalue weighted by Crippen LogP contribution is 2.23. The molecule has 1 saturated heterocycles. The zero-order valence-electron chi connectivity index (χ0n) is 8.81. The van der Waals surface area contributed by atoms with E-state index in [4.69, 9.17) is 0 Å². The van der Waals surface area contributed by atoms with Gasteiger partial charge in [-0.05, 0) is 31.9 Å². The van der Waals surface area contributed by atoms with Gasteiger partial charge in [-0.15, -0.1) is 0 Å². The van der Waals surface area contributed by atoms with Crippen LogP contribution in [-0.2, 0) is 9.59 Å². The van der Waals surface area contributed by atoms with Gasteiger partial charge in [0.1, 0.15) is 0 Å². The first-order valence-electron chi connectivity index (χ1n) is 5.20. The maximum Gasteiger partial charge on any atom is 0.224 e. The molecular weight excluding hydrogens is 214 g/mol. The third-order valence-corrected chi connectivity index (χ3v) is 3.02. The molecule has 4 nitrogen and oxygen atoms in total. The molecule has 0 aromatic heterocycles. The van der Waals surface area contributed by atoms with Gasteiger partial charge >= 0.3 is 0 Å². The number of carbonyl (C=O) groups excluding carboxylic acids is 2. The van der Waals surface area contributed by atoms with E-state index >= 15 is 0 Å². The Morgan fingerprint density at radius 1 is 1.47 bits per heavy atom. The molecule has 0 aromatic carbocycles. The van der Waals surface area contributed by atoms with Crippen molar-refractivity contribution in [1.82, 2.24) is 4.90 Å². The van der Waals surface area contributed by atoms with E-state index in [-0.39, 0.29) is 18.4 Å². The molecule has 2 atom stereocenters. The Bertz CT molecular complexity index is 257. The highest BCUT2D eigenvalue weighted by atomic mass is 32.1. The van der Waals surface area contributed by atoms with Gasteiger partial charge in [-0.25, -0.2) is 0 Å². The molecular formula is C10H16NO3S-. The predicted molar refractivity (Wildman–Crippen MR) is 57.4 cm³/mol. The van der Waals surface area contributed by atoms with Crippen molar-refractivity contribution in [3.05, 3.63) is 0 Å². The lowest BCUT2D eigenvalue weighted by Gasteiger charge is -2.41. The Morgan fingerprint density at radius 2 is 2.13 bits per heavy atom. The molecule has 1 aliphatic rings. The number of nitrogens with zero attached hydrogens (tertiary/aromatic N) is 1. The fraction of sp³-hybridized carbons (Fsp3) is 0.800. The molecule has 0 unspecified atom stereocenters. The van der Waals surface area contributed by atoms with Crippen LogP contribution in [0.25, 0.3) is 0 Å². The van der Waals surface area contributed by atoms with E-state index in [9.17, 15) is 14.7 Å². The number of carbonyl (C=O) groups is 2. The van der Waals surface area contributed by atoms with E-state index in [1.165, 1.54) is 4.90 Å². The molecule has 0 spiro atoms.